The van der Waals surface area contributed by atoms with Gasteiger partial charge >= 0.3 is 29.6 Å². The second-order valence-electron chi connectivity index (χ2n) is 2.11. The van der Waals surface area contributed by atoms with Gasteiger partial charge in [-0.1, -0.05) is 23.2 Å². The van der Waals surface area contributed by atoms with Crippen LogP contribution in [0.2, 0.25) is 10.0 Å². The number of nitrogen functional groups attached to an aromatic ring is 1. The Labute approximate surface area is 107 Å². The average Bonchev–Trinajstić information content (AvgIpc) is 1.97. The van der Waals surface area contributed by atoms with E-state index in [-0.39, 0.29) is 50.9 Å². The maximum atomic E-state index is 10.5. The molecule has 0 aliphatic rings. The molecule has 0 aromatic heterocycles. The van der Waals surface area contributed by atoms with Crippen LogP contribution in [0.3, 0.4) is 0 Å². The minimum Gasteiger partial charge on any atom is -0.545 e. The fourth-order valence-electron chi connectivity index (χ4n) is 0.775. The van der Waals surface area contributed by atoms with Crippen LogP contribution < -0.4 is 40.4 Å². The van der Waals surface area contributed by atoms with Gasteiger partial charge in [0.2, 0.25) is 0 Å². The van der Waals surface area contributed by atoms with Crippen LogP contribution in [0.4, 0.5) is 5.69 Å². The number of hydrogen-bond acceptors (Lipinski definition) is 3. The molecule has 0 saturated carbocycles. The van der Waals surface area contributed by atoms with Crippen molar-refractivity contribution in [2.75, 3.05) is 5.73 Å². The number of rotatable bonds is 1. The molecule has 0 atom stereocenters. The zero-order valence-corrected chi connectivity index (χ0v) is 10.3. The van der Waals surface area contributed by atoms with Crippen molar-refractivity contribution in [1.29, 1.82) is 0 Å². The van der Waals surface area contributed by atoms with Gasteiger partial charge < -0.3 is 15.6 Å². The van der Waals surface area contributed by atoms with Crippen LogP contribution >= 0.6 is 23.2 Å². The number of hydrogen-bond donors (Lipinski definition) is 1. The van der Waals surface area contributed by atoms with Gasteiger partial charge in [0, 0.05) is 5.56 Å². The Hall–Kier alpha value is 0.0700. The fourth-order valence-corrected chi connectivity index (χ4v) is 1.17. The van der Waals surface area contributed by atoms with E-state index in [0.29, 0.717) is 0 Å². The summed E-state index contributed by atoms with van der Waals surface area (Å²) in [6.45, 7) is 0. The van der Waals surface area contributed by atoms with Gasteiger partial charge in [-0.3, -0.25) is 0 Å². The Kier molecular flexibility index (Phi) is 5.10. The van der Waals surface area contributed by atoms with Gasteiger partial charge in [0.1, 0.15) is 0 Å². The van der Waals surface area contributed by atoms with Crippen molar-refractivity contribution in [3.8, 4) is 0 Å². The van der Waals surface area contributed by atoms with Gasteiger partial charge in [-0.25, -0.2) is 0 Å². The first kappa shape index (κ1) is 13.1. The number of benzene rings is 1. The molecule has 6 heteroatoms. The van der Waals surface area contributed by atoms with Crippen molar-refractivity contribution in [2.24, 2.45) is 0 Å². The van der Waals surface area contributed by atoms with Crippen LogP contribution in [0, 0.1) is 0 Å². The molecule has 0 heterocycles. The van der Waals surface area contributed by atoms with Crippen molar-refractivity contribution in [2.45, 2.75) is 0 Å². The molecule has 1 rings (SSSR count). The SMILES string of the molecule is Nc1c(Cl)ccc(Cl)c1C(=O)[O-].[Na+]. The minimum absolute atomic E-state index is 0. The third-order valence-electron chi connectivity index (χ3n) is 1.35. The summed E-state index contributed by atoms with van der Waals surface area (Å²) in [5.41, 5.74) is 5.02. The number of nitrogens with two attached hydrogens (primary N) is 1. The van der Waals surface area contributed by atoms with E-state index in [0.717, 1.165) is 0 Å². The topological polar surface area (TPSA) is 66.2 Å². The predicted octanol–water partition coefficient (Wildman–Crippen LogP) is -2.06. The molecule has 0 amide bonds. The van der Waals surface area contributed by atoms with Gasteiger partial charge in [0.25, 0.3) is 0 Å². The van der Waals surface area contributed by atoms with E-state index in [9.17, 15) is 9.90 Å². The summed E-state index contributed by atoms with van der Waals surface area (Å²) in [6, 6.07) is 2.77. The molecule has 0 unspecified atom stereocenters. The first-order valence-electron chi connectivity index (χ1n) is 2.99. The van der Waals surface area contributed by atoms with Crippen LogP contribution in [0.1, 0.15) is 10.4 Å². The molecule has 3 nitrogen and oxygen atoms in total. The van der Waals surface area contributed by atoms with Crippen molar-refractivity contribution < 1.29 is 39.5 Å². The Morgan fingerprint density at radius 2 is 1.77 bits per heavy atom. The normalized spacial score (nSPS) is 9.08. The summed E-state index contributed by atoms with van der Waals surface area (Å²) in [5, 5.41) is 10.6. The molecule has 1 aromatic carbocycles. The second kappa shape index (κ2) is 5.08. The van der Waals surface area contributed by atoms with E-state index in [1.807, 2.05) is 0 Å². The van der Waals surface area contributed by atoms with E-state index >= 15 is 0 Å². The Bertz CT molecular complexity index is 344. The zero-order valence-electron chi connectivity index (χ0n) is 6.80. The average molecular weight is 228 g/mol. The Morgan fingerprint density at radius 3 is 2.15 bits per heavy atom. The Morgan fingerprint density at radius 1 is 1.31 bits per heavy atom. The molecule has 1 aromatic rings. The molecule has 64 valence electrons. The number of carbonyl (C=O) groups excluding carboxylic acids is 1. The smallest absolute Gasteiger partial charge is 0.545 e. The van der Waals surface area contributed by atoms with Gasteiger partial charge in [-0.15, -0.1) is 0 Å². The maximum Gasteiger partial charge on any atom is 1.00 e. The van der Waals surface area contributed by atoms with Crippen molar-refractivity contribution in [3.63, 3.8) is 0 Å². The number of carbonyl (C=O) groups is 1. The van der Waals surface area contributed by atoms with E-state index in [1.165, 1.54) is 12.1 Å². The monoisotopic (exact) mass is 227 g/mol. The first-order valence-corrected chi connectivity index (χ1v) is 3.74. The summed E-state index contributed by atoms with van der Waals surface area (Å²) >= 11 is 11.1. The van der Waals surface area contributed by atoms with Crippen molar-refractivity contribution in [3.05, 3.63) is 27.7 Å². The van der Waals surface area contributed by atoms with E-state index in [1.54, 1.807) is 0 Å². The maximum absolute atomic E-state index is 10.5. The van der Waals surface area contributed by atoms with Crippen molar-refractivity contribution >= 4 is 34.9 Å². The van der Waals surface area contributed by atoms with E-state index in [2.05, 4.69) is 0 Å². The van der Waals surface area contributed by atoms with E-state index in [4.69, 9.17) is 28.9 Å². The summed E-state index contributed by atoms with van der Waals surface area (Å²) in [6.07, 6.45) is 0. The summed E-state index contributed by atoms with van der Waals surface area (Å²) in [4.78, 5) is 10.5. The standard InChI is InChI=1S/C7H5Cl2NO2.Na/c8-3-1-2-4(9)6(10)5(3)7(11)12;/h1-2H,10H2,(H,11,12);/q;+1/p-1. The third-order valence-corrected chi connectivity index (χ3v) is 1.99. The quantitative estimate of drug-likeness (QED) is 0.444. The van der Waals surface area contributed by atoms with Gasteiger partial charge in [0.05, 0.1) is 21.7 Å². The molecule has 0 spiro atoms. The zero-order chi connectivity index (χ0) is 9.30. The number of anilines is 1. The van der Waals surface area contributed by atoms with Crippen LogP contribution in [0.25, 0.3) is 0 Å². The van der Waals surface area contributed by atoms with Crippen molar-refractivity contribution in [1.82, 2.24) is 0 Å². The predicted molar refractivity (Wildman–Crippen MR) is 45.2 cm³/mol. The molecule has 13 heavy (non-hydrogen) atoms. The summed E-state index contributed by atoms with van der Waals surface area (Å²) < 4.78 is 0. The number of aromatic carboxylic acids is 1. The van der Waals surface area contributed by atoms with Gasteiger partial charge in [-0.2, -0.15) is 0 Å². The number of halogens is 2. The van der Waals surface area contributed by atoms with Gasteiger partial charge in [0.15, 0.2) is 0 Å². The van der Waals surface area contributed by atoms with Crippen LogP contribution in [-0.4, -0.2) is 5.97 Å². The van der Waals surface area contributed by atoms with Crippen LogP contribution in [-0.2, 0) is 0 Å². The van der Waals surface area contributed by atoms with Gasteiger partial charge in [-0.05, 0) is 12.1 Å². The number of carboxylic acids is 1. The Balaban J connectivity index is 0.00000144. The number of carboxylic acid groups (broad SMARTS) is 1. The fraction of sp³-hybridized carbons (Fsp3) is 0. The molecule has 0 radical (unpaired) electrons. The molecular weight excluding hydrogens is 224 g/mol. The van der Waals surface area contributed by atoms with E-state index < -0.39 is 5.97 Å². The molecule has 0 bridgehead atoms. The minimum atomic E-state index is -1.43. The molecular formula is C7H4Cl2NNaO2. The molecule has 0 aliphatic carbocycles. The molecule has 0 fully saturated rings. The van der Waals surface area contributed by atoms with Crippen LogP contribution in [0.15, 0.2) is 12.1 Å². The molecule has 0 saturated heterocycles. The third kappa shape index (κ3) is 2.76. The summed E-state index contributed by atoms with van der Waals surface area (Å²) in [5.74, 6) is -1.43. The largest absolute Gasteiger partial charge is 1.00 e. The summed E-state index contributed by atoms with van der Waals surface area (Å²) in [7, 11) is 0. The second-order valence-corrected chi connectivity index (χ2v) is 2.92. The van der Waals surface area contributed by atoms with Crippen LogP contribution in [0.5, 0.6) is 0 Å². The molecule has 2 N–H and O–H groups in total. The molecule has 0 aliphatic heterocycles. The first-order chi connectivity index (χ1) is 5.54.